The fourth-order valence-corrected chi connectivity index (χ4v) is 24.0. The monoisotopic (exact) mass is 1170 g/mol. The smallest absolute Gasteiger partial charge is 0.855 e. The fourth-order valence-electron chi connectivity index (χ4n) is 6.93. The van der Waals surface area contributed by atoms with Gasteiger partial charge in [-0.05, 0) is 133 Å². The predicted molar refractivity (Wildman–Crippen MR) is 334 cm³/mol. The van der Waals surface area contributed by atoms with E-state index in [1.807, 2.05) is 218 Å². The average Bonchev–Trinajstić information content (AvgIpc) is 3.43. The maximum Gasteiger partial charge on any atom is 1.00 e. The Morgan fingerprint density at radius 2 is 0.605 bits per heavy atom. The van der Waals surface area contributed by atoms with Crippen molar-refractivity contribution in [3.8, 4) is 47.4 Å². The molecule has 0 aromatic heterocycles. The van der Waals surface area contributed by atoms with Gasteiger partial charge in [-0.2, -0.15) is 67.1 Å². The molecule has 0 radical (unpaired) electrons. The molecule has 81 heavy (non-hydrogen) atoms. The molecule has 0 atom stereocenters. The van der Waals surface area contributed by atoms with E-state index in [2.05, 4.69) is 129 Å². The van der Waals surface area contributed by atoms with Crippen LogP contribution in [0.15, 0.2) is 223 Å². The van der Waals surface area contributed by atoms with E-state index in [0.29, 0.717) is 0 Å². The third kappa shape index (κ3) is 34.7. The molecule has 9 rings (SSSR count). The molecule has 0 unspecified atom stereocenters. The van der Waals surface area contributed by atoms with Gasteiger partial charge < -0.3 is 24.1 Å². The van der Waals surface area contributed by atoms with Gasteiger partial charge >= 0.3 is 101 Å². The van der Waals surface area contributed by atoms with Crippen molar-refractivity contribution >= 4 is 55.1 Å². The van der Waals surface area contributed by atoms with Crippen LogP contribution in [0.1, 0.15) is 64.3 Å². The van der Waals surface area contributed by atoms with Gasteiger partial charge in [0.2, 0.25) is 0 Å². The van der Waals surface area contributed by atoms with Gasteiger partial charge in [0.1, 0.15) is 0 Å². The molecule has 1 heterocycles. The van der Waals surface area contributed by atoms with Gasteiger partial charge in [0.05, 0.1) is 0 Å². The average molecular weight is 1170 g/mol. The quantitative estimate of drug-likeness (QED) is 0.152. The predicted octanol–water partition coefficient (Wildman–Crippen LogP) is 3.27. The Balaban J connectivity index is 0.000000964. The van der Waals surface area contributed by atoms with Crippen LogP contribution in [-0.4, -0.2) is 34.0 Å². The molecule has 1 aliphatic rings. The van der Waals surface area contributed by atoms with Crippen molar-refractivity contribution in [3.63, 3.8) is 0 Å². The first-order valence-corrected chi connectivity index (χ1v) is 37.7. The van der Waals surface area contributed by atoms with Crippen LogP contribution >= 0.6 is 15.9 Å². The molecule has 1 fully saturated rings. The van der Waals surface area contributed by atoms with Crippen LogP contribution < -0.4 is 85.4 Å². The zero-order valence-corrected chi connectivity index (χ0v) is 55.5. The molecule has 4 nitrogen and oxygen atoms in total. The van der Waals surface area contributed by atoms with Gasteiger partial charge in [0.15, 0.2) is 0 Å². The summed E-state index contributed by atoms with van der Waals surface area (Å²) < 4.78 is 18.7. The second kappa shape index (κ2) is 41.6. The van der Waals surface area contributed by atoms with E-state index < -0.39 is 34.0 Å². The Kier molecular flexibility index (Phi) is 39.3. The molecular weight excluding hydrogens is 1100 g/mol. The maximum atomic E-state index is 11.9. The summed E-state index contributed by atoms with van der Waals surface area (Å²) in [7, 11) is -8.03. The standard InChI is InChI=1S/C16H15OSi.C14H9Br.2C14H9.C6H18O3Si3.C4H9.4Li/c1-18(2,17)16-12-10-15(11-13-16)9-8-14-6-4-3-5-7-14;15-14-10-8-13(9-11-14)7-6-12-4-2-1-3-5-12;2*1-3-7-13(8-4-1)11-12-14-9-5-2-6-10-14;1-10(2)7-11(3,4)9-12(5,6)8-10;1-3-4-2;;;;/h3-7,10-13H,1-2H3;1-5,8-11H;2*1,3-10H;1-6H3;1,3-4H2,2H3;;;;/q-1;;2*-1;;-1;4*+1. The number of rotatable bonds is 2. The Labute approximate surface area is 548 Å². The Morgan fingerprint density at radius 3 is 0.827 bits per heavy atom. The van der Waals surface area contributed by atoms with Gasteiger partial charge in [0.25, 0.3) is 0 Å². The van der Waals surface area contributed by atoms with Crippen LogP contribution in [0.25, 0.3) is 0 Å². The molecule has 1 saturated heterocycles. The van der Waals surface area contributed by atoms with Gasteiger partial charge in [-0.3, -0.25) is 0 Å². The molecule has 0 amide bonds. The first kappa shape index (κ1) is 76.6. The summed E-state index contributed by atoms with van der Waals surface area (Å²) in [5.74, 6) is 24.8. The Hall–Kier alpha value is -4.42. The molecule has 0 bridgehead atoms. The minimum Gasteiger partial charge on any atom is -0.855 e. The van der Waals surface area contributed by atoms with E-state index in [1.54, 1.807) is 13.1 Å². The summed E-state index contributed by atoms with van der Waals surface area (Å²) in [5, 5.41) is 0.924. The van der Waals surface area contributed by atoms with Crippen molar-refractivity contribution in [2.75, 3.05) is 0 Å². The van der Waals surface area contributed by atoms with Gasteiger partial charge in [-0.1, -0.05) is 191 Å². The van der Waals surface area contributed by atoms with Crippen LogP contribution in [0.3, 0.4) is 0 Å². The van der Waals surface area contributed by atoms with Crippen molar-refractivity contribution in [1.29, 1.82) is 0 Å². The zero-order valence-electron chi connectivity index (χ0n) is 49.9. The topological polar surface area (TPSA) is 50.8 Å². The molecule has 0 spiro atoms. The van der Waals surface area contributed by atoms with Crippen LogP contribution in [0.5, 0.6) is 0 Å². The molecule has 0 saturated carbocycles. The Morgan fingerprint density at radius 1 is 0.395 bits per heavy atom. The third-order valence-corrected chi connectivity index (χ3v) is 24.2. The number of halogens is 1. The van der Waals surface area contributed by atoms with Crippen molar-refractivity contribution in [2.24, 2.45) is 0 Å². The third-order valence-electron chi connectivity index (χ3n) is 10.2. The summed E-state index contributed by atoms with van der Waals surface area (Å²) in [6.45, 7) is 21.9. The summed E-state index contributed by atoms with van der Waals surface area (Å²) in [4.78, 5) is 11.9. The van der Waals surface area contributed by atoms with Gasteiger partial charge in [0, 0.05) is 37.9 Å². The molecule has 8 aromatic rings. The van der Waals surface area contributed by atoms with Crippen LogP contribution in [0, 0.1) is 66.4 Å². The van der Waals surface area contributed by atoms with E-state index in [1.165, 1.54) is 6.42 Å². The molecular formula is C68H69BrLi4O4Si4. The fraction of sp³-hybridized carbons (Fsp3) is 0.162. The number of unbranched alkanes of at least 4 members (excludes halogenated alkanes) is 1. The normalized spacial score (nSPS) is 12.1. The maximum absolute atomic E-state index is 11.9. The van der Waals surface area contributed by atoms with Crippen LogP contribution in [0.4, 0.5) is 0 Å². The first-order chi connectivity index (χ1) is 36.8. The molecule has 13 heteroatoms. The summed E-state index contributed by atoms with van der Waals surface area (Å²) >= 11 is 3.39. The number of benzene rings is 8. The minimum atomic E-state index is -2.44. The SMILES string of the molecule is Brc1ccc(C#Cc2ccccc2)cc1.C(#Cc1ccccc1)c1cc[c-]cc1.C(#Cc1ccccc1)c1cc[c-]cc1.C[Si](C)([O-])c1ccc(C#Cc2ccccc2)cc1.C[Si]1(C)O[Si](C)(C)O[Si](C)(C)O1.[CH2-]CCC.[Li+].[Li+].[Li+].[Li+]. The van der Waals surface area contributed by atoms with Crippen molar-refractivity contribution in [1.82, 2.24) is 0 Å². The first-order valence-electron chi connectivity index (χ1n) is 25.5. The van der Waals surface area contributed by atoms with E-state index in [0.717, 1.165) is 60.6 Å². The van der Waals surface area contributed by atoms with E-state index >= 15 is 0 Å². The number of hydrogen-bond acceptors (Lipinski definition) is 4. The molecule has 0 N–H and O–H groups in total. The number of hydrogen-bond donors (Lipinski definition) is 0. The largest absolute Gasteiger partial charge is 1.00 e. The summed E-state index contributed by atoms with van der Waals surface area (Å²) in [5.41, 5.74) is 8.14. The minimum absolute atomic E-state index is 0. The van der Waals surface area contributed by atoms with E-state index in [9.17, 15) is 4.80 Å². The second-order valence-corrected chi connectivity index (χ2v) is 34.4. The summed E-state index contributed by atoms with van der Waals surface area (Å²) in [6, 6.07) is 76.7. The van der Waals surface area contributed by atoms with Crippen molar-refractivity contribution in [2.45, 2.75) is 72.1 Å². The molecule has 0 aliphatic carbocycles. The molecule has 1 aliphatic heterocycles. The molecule has 392 valence electrons. The van der Waals surface area contributed by atoms with Crippen LogP contribution in [-0.2, 0) is 12.3 Å². The van der Waals surface area contributed by atoms with Gasteiger partial charge in [-0.25, -0.2) is 0 Å². The van der Waals surface area contributed by atoms with E-state index in [4.69, 9.17) is 12.3 Å². The Bertz CT molecular complexity index is 2970. The van der Waals surface area contributed by atoms with Gasteiger partial charge in [-0.15, -0.1) is 0 Å². The van der Waals surface area contributed by atoms with Crippen LogP contribution in [0.2, 0.25) is 52.4 Å². The molecule has 8 aromatic carbocycles. The van der Waals surface area contributed by atoms with Crippen molar-refractivity contribution in [3.05, 3.63) is 286 Å². The second-order valence-electron chi connectivity index (χ2n) is 19.0. The van der Waals surface area contributed by atoms with E-state index in [-0.39, 0.29) is 75.4 Å². The zero-order chi connectivity index (χ0) is 55.8. The van der Waals surface area contributed by atoms with Crippen molar-refractivity contribution < 1.29 is 92.6 Å². The summed E-state index contributed by atoms with van der Waals surface area (Å²) in [6.07, 6.45) is 2.28.